The standard InChI is InChI=1S/2C11H11.C8H8ClO.C2H7Si.Zr/c2*1-2-9-7-10-5-3-4-6-11(10)8-9;1-5-3-7(9)4-6(2)8(5)10;1-3-2;/h2*3-8H,2H2,1H3;3,10H,1-2H3;3H,1-2H3;. The van der Waals surface area contributed by atoms with E-state index in [0.717, 1.165) is 29.0 Å². The number of fused-ring (bicyclic) bond motifs is 2. The first-order valence-electron chi connectivity index (χ1n) is 13.3. The second-order valence-corrected chi connectivity index (χ2v) is 36.4. The van der Waals surface area contributed by atoms with Crippen LogP contribution >= 0.6 is 11.6 Å². The summed E-state index contributed by atoms with van der Waals surface area (Å²) in [6.45, 7) is 13.9. The average molecular weight is 592 g/mol. The first-order valence-corrected chi connectivity index (χ1v) is 24.9. The summed E-state index contributed by atoms with van der Waals surface area (Å²) in [5, 5.41) is 12.2. The first-order chi connectivity index (χ1) is 17.3. The third kappa shape index (κ3) is 3.72. The number of aromatic hydroxyl groups is 1. The van der Waals surface area contributed by atoms with Gasteiger partial charge in [0.15, 0.2) is 0 Å². The average Bonchev–Trinajstić information content (AvgIpc) is 3.44. The van der Waals surface area contributed by atoms with Crippen molar-refractivity contribution in [2.75, 3.05) is 0 Å². The van der Waals surface area contributed by atoms with Gasteiger partial charge in [0.1, 0.15) is 0 Å². The van der Waals surface area contributed by atoms with Gasteiger partial charge in [0.25, 0.3) is 0 Å². The summed E-state index contributed by atoms with van der Waals surface area (Å²) in [6, 6.07) is 20.2. The second-order valence-electron chi connectivity index (χ2n) is 10.9. The molecule has 36 heavy (non-hydrogen) atoms. The van der Waals surface area contributed by atoms with E-state index in [9.17, 15) is 5.11 Å². The van der Waals surface area contributed by atoms with Gasteiger partial charge in [-0.25, -0.2) is 0 Å². The fourth-order valence-electron chi connectivity index (χ4n) is 7.38. The Labute approximate surface area is 226 Å². The van der Waals surface area contributed by atoms with Crippen molar-refractivity contribution in [3.05, 3.63) is 104 Å². The number of aryl methyl sites for hydroxylation is 1. The molecule has 1 nitrogen and oxygen atoms in total. The molecule has 2 atom stereocenters. The van der Waals surface area contributed by atoms with Gasteiger partial charge in [0.2, 0.25) is 0 Å². The van der Waals surface area contributed by atoms with Crippen molar-refractivity contribution in [3.63, 3.8) is 0 Å². The topological polar surface area (TPSA) is 20.2 Å². The number of hydrogen-bond acceptors (Lipinski definition) is 1. The van der Waals surface area contributed by atoms with Crippen molar-refractivity contribution in [2.24, 2.45) is 0 Å². The molecule has 0 amide bonds. The molecule has 4 heteroatoms. The summed E-state index contributed by atoms with van der Waals surface area (Å²) in [5.74, 6) is -0.900. The van der Waals surface area contributed by atoms with Crippen molar-refractivity contribution in [1.29, 1.82) is 0 Å². The van der Waals surface area contributed by atoms with Crippen molar-refractivity contribution < 1.29 is 24.5 Å². The van der Waals surface area contributed by atoms with Crippen molar-refractivity contribution >= 4 is 32.9 Å². The molecule has 5 rings (SSSR count). The molecule has 0 bridgehead atoms. The van der Waals surface area contributed by atoms with Crippen LogP contribution in [-0.2, 0) is 19.4 Å². The number of benzene rings is 3. The molecule has 0 aliphatic heterocycles. The summed E-state index contributed by atoms with van der Waals surface area (Å²) in [7, 11) is 0. The minimum absolute atomic E-state index is 0.427. The van der Waals surface area contributed by atoms with E-state index in [-0.39, 0.29) is 0 Å². The van der Waals surface area contributed by atoms with Gasteiger partial charge >= 0.3 is 228 Å². The van der Waals surface area contributed by atoms with Crippen LogP contribution in [-0.4, -0.2) is 11.0 Å². The Morgan fingerprint density at radius 2 is 1.31 bits per heavy atom. The third-order valence-corrected chi connectivity index (χ3v) is 43.0. The Hall–Kier alpha value is -1.67. The van der Waals surface area contributed by atoms with E-state index >= 15 is 0 Å². The molecule has 3 aromatic carbocycles. The molecule has 186 valence electrons. The van der Waals surface area contributed by atoms with Crippen LogP contribution in [0.5, 0.6) is 5.75 Å². The quantitative estimate of drug-likeness (QED) is 0.285. The van der Waals surface area contributed by atoms with Crippen LogP contribution in [0.2, 0.25) is 18.1 Å². The van der Waals surface area contributed by atoms with Crippen LogP contribution in [0, 0.1) is 13.8 Å². The zero-order valence-corrected chi connectivity index (χ0v) is 26.7. The van der Waals surface area contributed by atoms with Gasteiger partial charge in [-0.05, 0) is 0 Å². The summed E-state index contributed by atoms with van der Waals surface area (Å²) in [4.78, 5) is 0. The van der Waals surface area contributed by atoms with E-state index in [1.807, 2.05) is 13.0 Å². The Morgan fingerprint density at radius 3 is 1.75 bits per heavy atom. The molecule has 3 aromatic rings. The summed E-state index contributed by atoms with van der Waals surface area (Å²) >= 11 is 3.72. The maximum atomic E-state index is 11.3. The summed E-state index contributed by atoms with van der Waals surface area (Å²) < 4.78 is 2.23. The third-order valence-electron chi connectivity index (χ3n) is 8.88. The van der Waals surface area contributed by atoms with Crippen molar-refractivity contribution in [2.45, 2.75) is 60.9 Å². The van der Waals surface area contributed by atoms with Crippen LogP contribution in [0.1, 0.15) is 67.3 Å². The Balaban J connectivity index is 1.96. The van der Waals surface area contributed by atoms with E-state index in [2.05, 4.69) is 94.5 Å². The fraction of sp³-hybridized carbons (Fsp3) is 0.312. The van der Waals surface area contributed by atoms with Gasteiger partial charge in [-0.1, -0.05) is 0 Å². The molecule has 2 aliphatic carbocycles. The number of hydrogen-bond donors (Lipinski definition) is 1. The fourth-order valence-corrected chi connectivity index (χ4v) is 45.6. The van der Waals surface area contributed by atoms with Crippen LogP contribution in [0.15, 0.2) is 65.7 Å². The number of phenols is 1. The van der Waals surface area contributed by atoms with Gasteiger partial charge in [-0.15, -0.1) is 0 Å². The molecule has 2 unspecified atom stereocenters. The monoisotopic (exact) mass is 590 g/mol. The zero-order valence-electron chi connectivity index (χ0n) is 22.3. The predicted molar refractivity (Wildman–Crippen MR) is 156 cm³/mol. The molecule has 0 radical (unpaired) electrons. The molecule has 0 saturated carbocycles. The number of phenolic OH excluding ortho intramolecular Hbond substituents is 1. The molecule has 0 aromatic heterocycles. The van der Waals surface area contributed by atoms with Crippen LogP contribution < -0.4 is 3.27 Å². The molecule has 1 N–H and O–H groups in total. The van der Waals surface area contributed by atoms with E-state index in [4.69, 9.17) is 11.6 Å². The van der Waals surface area contributed by atoms with Crippen molar-refractivity contribution in [3.8, 4) is 5.75 Å². The Bertz CT molecular complexity index is 1330. The van der Waals surface area contributed by atoms with Gasteiger partial charge in [0.05, 0.1) is 0 Å². The predicted octanol–water partition coefficient (Wildman–Crippen LogP) is 8.52. The normalized spacial score (nSPS) is 20.1. The van der Waals surface area contributed by atoms with E-state index in [1.54, 1.807) is 11.1 Å². The van der Waals surface area contributed by atoms with E-state index < -0.39 is 25.4 Å². The molecule has 0 fully saturated rings. The van der Waals surface area contributed by atoms with Gasteiger partial charge in [-0.2, -0.15) is 0 Å². The minimum atomic E-state index is -3.64. The summed E-state index contributed by atoms with van der Waals surface area (Å²) in [6.07, 6.45) is 7.06. The van der Waals surface area contributed by atoms with Gasteiger partial charge in [0, 0.05) is 0 Å². The Morgan fingerprint density at radius 1 is 0.833 bits per heavy atom. The number of rotatable bonds is 6. The van der Waals surface area contributed by atoms with E-state index in [0.29, 0.717) is 13.0 Å². The molecule has 0 saturated heterocycles. The number of halogens is 1. The van der Waals surface area contributed by atoms with Gasteiger partial charge < -0.3 is 0 Å². The molecule has 0 heterocycles. The zero-order chi connectivity index (χ0) is 25.8. The molecular weight excluding hydrogens is 555 g/mol. The van der Waals surface area contributed by atoms with Crippen LogP contribution in [0.3, 0.4) is 0 Å². The van der Waals surface area contributed by atoms with Crippen LogP contribution in [0.4, 0.5) is 0 Å². The number of allylic oxidation sites excluding steroid dienone is 2. The molecule has 2 aliphatic rings. The van der Waals surface area contributed by atoms with Crippen molar-refractivity contribution in [1.82, 2.24) is 0 Å². The first kappa shape index (κ1) is 26.0. The Kier molecular flexibility index (Phi) is 7.14. The maximum absolute atomic E-state index is 11.3. The summed E-state index contributed by atoms with van der Waals surface area (Å²) in [5.41, 5.74) is 10.8. The van der Waals surface area contributed by atoms with Gasteiger partial charge in [-0.3, -0.25) is 0 Å². The second kappa shape index (κ2) is 9.90. The van der Waals surface area contributed by atoms with Crippen LogP contribution in [0.25, 0.3) is 12.2 Å². The van der Waals surface area contributed by atoms with E-state index in [1.165, 1.54) is 25.5 Å². The SMILES string of the molecule is CCC1=Cc2ccccc2[CH]1[Zr]([c]1c(Cl)cc(C)c(O)c1C)([CH]1C(CC)=Cc2ccccc21)[SiH](C)C. The molecular formula is C32H37ClOSiZr. The molecule has 0 spiro atoms.